The molecule has 1 amide bonds. The van der Waals surface area contributed by atoms with Gasteiger partial charge in [0.05, 0.1) is 12.5 Å². The number of imidazole rings is 1. The minimum absolute atomic E-state index is 0.0817. The van der Waals surface area contributed by atoms with Crippen LogP contribution in [0.4, 0.5) is 0 Å². The zero-order valence-corrected chi connectivity index (χ0v) is 11.7. The molecule has 0 aliphatic carbocycles. The van der Waals surface area contributed by atoms with Crippen molar-refractivity contribution in [3.8, 4) is 5.69 Å². The van der Waals surface area contributed by atoms with Gasteiger partial charge in [-0.3, -0.25) is 9.36 Å². The molecule has 3 rings (SSSR count). The molecule has 1 aliphatic heterocycles. The molecule has 1 aromatic carbocycles. The van der Waals surface area contributed by atoms with Gasteiger partial charge in [-0.05, 0) is 30.9 Å². The second-order valence-electron chi connectivity index (χ2n) is 5.46. The highest BCUT2D eigenvalue weighted by molar-refractivity contribution is 5.93. The van der Waals surface area contributed by atoms with Crippen LogP contribution in [0.5, 0.6) is 0 Å². The van der Waals surface area contributed by atoms with Crippen LogP contribution in [0.1, 0.15) is 30.3 Å². The van der Waals surface area contributed by atoms with Gasteiger partial charge in [0.2, 0.25) is 0 Å². The third-order valence-electron chi connectivity index (χ3n) is 3.96. The molecule has 1 fully saturated rings. The molecule has 0 atom stereocenters. The van der Waals surface area contributed by atoms with Crippen LogP contribution in [0, 0.1) is 5.92 Å². The van der Waals surface area contributed by atoms with E-state index in [9.17, 15) is 4.79 Å². The molecular formula is C16H19N3O. The standard InChI is InChI=1S/C16H19N3O/c1-13-7-9-18(10-8-13)16(20)15-11-17-12-19(15)14-5-3-2-4-6-14/h2-6,11-13H,7-10H2,1H3. The first kappa shape index (κ1) is 12.9. The summed E-state index contributed by atoms with van der Waals surface area (Å²) in [7, 11) is 0. The van der Waals surface area contributed by atoms with Gasteiger partial charge in [-0.2, -0.15) is 0 Å². The summed E-state index contributed by atoms with van der Waals surface area (Å²) in [5.41, 5.74) is 1.62. The normalized spacial score (nSPS) is 16.4. The predicted molar refractivity (Wildman–Crippen MR) is 77.9 cm³/mol. The first-order chi connectivity index (χ1) is 9.75. The van der Waals surface area contributed by atoms with Crippen molar-refractivity contribution in [3.63, 3.8) is 0 Å². The minimum Gasteiger partial charge on any atom is -0.337 e. The highest BCUT2D eigenvalue weighted by Gasteiger charge is 2.24. The lowest BCUT2D eigenvalue weighted by Crippen LogP contribution is -2.38. The van der Waals surface area contributed by atoms with E-state index >= 15 is 0 Å². The van der Waals surface area contributed by atoms with Crippen molar-refractivity contribution in [1.29, 1.82) is 0 Å². The van der Waals surface area contributed by atoms with E-state index in [1.165, 1.54) is 0 Å². The van der Waals surface area contributed by atoms with Gasteiger partial charge in [-0.15, -0.1) is 0 Å². The maximum Gasteiger partial charge on any atom is 0.272 e. The Balaban J connectivity index is 1.85. The van der Waals surface area contributed by atoms with Crippen LogP contribution in [0.25, 0.3) is 5.69 Å². The van der Waals surface area contributed by atoms with Gasteiger partial charge < -0.3 is 4.90 Å². The lowest BCUT2D eigenvalue weighted by Gasteiger charge is -2.30. The Bertz CT molecular complexity index is 583. The molecule has 104 valence electrons. The van der Waals surface area contributed by atoms with Crippen LogP contribution in [-0.4, -0.2) is 33.4 Å². The van der Waals surface area contributed by atoms with Crippen LogP contribution in [0.3, 0.4) is 0 Å². The first-order valence-corrected chi connectivity index (χ1v) is 7.13. The van der Waals surface area contributed by atoms with E-state index in [1.807, 2.05) is 39.8 Å². The molecule has 0 unspecified atom stereocenters. The topological polar surface area (TPSA) is 38.1 Å². The maximum atomic E-state index is 12.6. The third-order valence-corrected chi connectivity index (χ3v) is 3.96. The van der Waals surface area contributed by atoms with Gasteiger partial charge in [0, 0.05) is 18.8 Å². The van der Waals surface area contributed by atoms with Crippen molar-refractivity contribution in [2.75, 3.05) is 13.1 Å². The number of hydrogen-bond donors (Lipinski definition) is 0. The van der Waals surface area contributed by atoms with E-state index in [-0.39, 0.29) is 5.91 Å². The summed E-state index contributed by atoms with van der Waals surface area (Å²) < 4.78 is 1.86. The third kappa shape index (κ3) is 2.46. The molecule has 0 spiro atoms. The molecule has 1 aliphatic rings. The van der Waals surface area contributed by atoms with Crippen LogP contribution < -0.4 is 0 Å². The quantitative estimate of drug-likeness (QED) is 0.840. The number of rotatable bonds is 2. The second kappa shape index (κ2) is 5.49. The highest BCUT2D eigenvalue weighted by atomic mass is 16.2. The fraction of sp³-hybridized carbons (Fsp3) is 0.375. The zero-order valence-electron chi connectivity index (χ0n) is 11.7. The predicted octanol–water partition coefficient (Wildman–Crippen LogP) is 2.74. The van der Waals surface area contributed by atoms with Gasteiger partial charge in [0.1, 0.15) is 5.69 Å². The van der Waals surface area contributed by atoms with E-state index in [4.69, 9.17) is 0 Å². The Morgan fingerprint density at radius 3 is 2.60 bits per heavy atom. The molecule has 2 heterocycles. The second-order valence-corrected chi connectivity index (χ2v) is 5.46. The van der Waals surface area contributed by atoms with Crippen molar-refractivity contribution < 1.29 is 4.79 Å². The molecule has 2 aromatic rings. The summed E-state index contributed by atoms with van der Waals surface area (Å²) in [6.45, 7) is 3.94. The summed E-state index contributed by atoms with van der Waals surface area (Å²) in [4.78, 5) is 18.7. The van der Waals surface area contributed by atoms with E-state index < -0.39 is 0 Å². The van der Waals surface area contributed by atoms with Gasteiger partial charge in [-0.1, -0.05) is 25.1 Å². The molecule has 20 heavy (non-hydrogen) atoms. The highest BCUT2D eigenvalue weighted by Crippen LogP contribution is 2.19. The molecule has 4 heteroatoms. The number of carbonyl (C=O) groups excluding carboxylic acids is 1. The average Bonchev–Trinajstić information content (AvgIpc) is 2.97. The van der Waals surface area contributed by atoms with E-state index in [0.29, 0.717) is 5.69 Å². The SMILES string of the molecule is CC1CCN(C(=O)c2cncn2-c2ccccc2)CC1. The lowest BCUT2D eigenvalue weighted by molar-refractivity contribution is 0.0689. The Kier molecular flexibility index (Phi) is 3.54. The van der Waals surface area contributed by atoms with Crippen LogP contribution >= 0.6 is 0 Å². The molecule has 4 nitrogen and oxygen atoms in total. The first-order valence-electron chi connectivity index (χ1n) is 7.13. The van der Waals surface area contributed by atoms with Crippen molar-refractivity contribution in [1.82, 2.24) is 14.5 Å². The lowest BCUT2D eigenvalue weighted by atomic mass is 9.99. The van der Waals surface area contributed by atoms with Gasteiger partial charge >= 0.3 is 0 Å². The largest absolute Gasteiger partial charge is 0.337 e. The van der Waals surface area contributed by atoms with Crippen LogP contribution in [0.15, 0.2) is 42.9 Å². The Labute approximate surface area is 119 Å². The maximum absolute atomic E-state index is 12.6. The van der Waals surface area contributed by atoms with Crippen molar-refractivity contribution in [2.45, 2.75) is 19.8 Å². The molecule has 0 bridgehead atoms. The van der Waals surface area contributed by atoms with E-state index in [0.717, 1.165) is 37.5 Å². The van der Waals surface area contributed by atoms with E-state index in [1.54, 1.807) is 12.5 Å². The molecule has 0 radical (unpaired) electrons. The van der Waals surface area contributed by atoms with Crippen molar-refractivity contribution >= 4 is 5.91 Å². The summed E-state index contributed by atoms with van der Waals surface area (Å²) in [5, 5.41) is 0. The van der Waals surface area contributed by atoms with Gasteiger partial charge in [0.25, 0.3) is 5.91 Å². The minimum atomic E-state index is 0.0817. The number of benzene rings is 1. The molecular weight excluding hydrogens is 250 g/mol. The summed E-state index contributed by atoms with van der Waals surface area (Å²) >= 11 is 0. The summed E-state index contributed by atoms with van der Waals surface area (Å²) in [5.74, 6) is 0.802. The average molecular weight is 269 g/mol. The zero-order chi connectivity index (χ0) is 13.9. The Morgan fingerprint density at radius 1 is 1.20 bits per heavy atom. The van der Waals surface area contributed by atoms with Crippen LogP contribution in [-0.2, 0) is 0 Å². The number of likely N-dealkylation sites (tertiary alicyclic amines) is 1. The fourth-order valence-electron chi connectivity index (χ4n) is 2.62. The Morgan fingerprint density at radius 2 is 1.90 bits per heavy atom. The molecule has 1 saturated heterocycles. The fourth-order valence-corrected chi connectivity index (χ4v) is 2.62. The number of hydrogen-bond acceptors (Lipinski definition) is 2. The van der Waals surface area contributed by atoms with Crippen molar-refractivity contribution in [2.24, 2.45) is 5.92 Å². The van der Waals surface area contributed by atoms with Gasteiger partial charge in [0.15, 0.2) is 0 Å². The smallest absolute Gasteiger partial charge is 0.272 e. The molecule has 0 N–H and O–H groups in total. The van der Waals surface area contributed by atoms with Crippen molar-refractivity contribution in [3.05, 3.63) is 48.5 Å². The number of nitrogens with zero attached hydrogens (tertiary/aromatic N) is 3. The van der Waals surface area contributed by atoms with E-state index in [2.05, 4.69) is 11.9 Å². The number of aromatic nitrogens is 2. The summed E-state index contributed by atoms with van der Waals surface area (Å²) in [6, 6.07) is 9.86. The van der Waals surface area contributed by atoms with Crippen LogP contribution in [0.2, 0.25) is 0 Å². The summed E-state index contributed by atoms with van der Waals surface area (Å²) in [6.07, 6.45) is 5.54. The Hall–Kier alpha value is -2.10. The monoisotopic (exact) mass is 269 g/mol. The van der Waals surface area contributed by atoms with Gasteiger partial charge in [-0.25, -0.2) is 4.98 Å². The molecule has 0 saturated carbocycles. The number of piperidine rings is 1. The molecule has 1 aromatic heterocycles. The number of carbonyl (C=O) groups is 1. The number of para-hydroxylation sites is 1. The number of amides is 1.